The van der Waals surface area contributed by atoms with E-state index in [1.165, 1.54) is 6.07 Å². The Labute approximate surface area is 169 Å². The first-order valence-electron chi connectivity index (χ1n) is 9.29. The van der Waals surface area contributed by atoms with Crippen molar-refractivity contribution in [1.29, 1.82) is 0 Å². The third-order valence-corrected chi connectivity index (χ3v) is 5.01. The number of thioether (sulfide) groups is 1. The molecule has 0 atom stereocenters. The minimum Gasteiger partial charge on any atom is -0.490 e. The largest absolute Gasteiger partial charge is 0.490 e. The molecule has 7 heteroatoms. The van der Waals surface area contributed by atoms with Gasteiger partial charge in [0.1, 0.15) is 5.82 Å². The number of rotatable bonds is 6. The van der Waals surface area contributed by atoms with E-state index in [9.17, 15) is 4.39 Å². The topological polar surface area (TPSA) is 54.9 Å². The zero-order valence-corrected chi connectivity index (χ0v) is 17.1. The Morgan fingerprint density at radius 1 is 1.04 bits per heavy atom. The molecule has 2 aromatic carbocycles. The molecule has 28 heavy (non-hydrogen) atoms. The summed E-state index contributed by atoms with van der Waals surface area (Å²) in [4.78, 5) is 4.27. The molecule has 1 aliphatic rings. The van der Waals surface area contributed by atoms with Gasteiger partial charge in [0.25, 0.3) is 0 Å². The monoisotopic (exact) mass is 403 g/mol. The summed E-state index contributed by atoms with van der Waals surface area (Å²) >= 11 is 1.68. The Balaban J connectivity index is 1.58. The summed E-state index contributed by atoms with van der Waals surface area (Å²) in [5.74, 6) is 2.84. The van der Waals surface area contributed by atoms with Gasteiger partial charge in [-0.3, -0.25) is 4.99 Å². The van der Waals surface area contributed by atoms with Crippen LogP contribution in [0, 0.1) is 5.82 Å². The number of ether oxygens (including phenoxy) is 2. The zero-order chi connectivity index (χ0) is 19.8. The molecule has 0 amide bonds. The maximum Gasteiger partial charge on any atom is 0.191 e. The molecule has 0 unspecified atom stereocenters. The van der Waals surface area contributed by atoms with E-state index in [0.29, 0.717) is 32.3 Å². The van der Waals surface area contributed by atoms with Gasteiger partial charge in [-0.05, 0) is 47.2 Å². The average Bonchev–Trinajstić information content (AvgIpc) is 2.94. The van der Waals surface area contributed by atoms with Crippen molar-refractivity contribution in [3.05, 3.63) is 58.9 Å². The highest BCUT2D eigenvalue weighted by Crippen LogP contribution is 2.30. The van der Waals surface area contributed by atoms with Crippen LogP contribution in [0.25, 0.3) is 0 Å². The number of nitrogens with one attached hydrogen (secondary N) is 2. The summed E-state index contributed by atoms with van der Waals surface area (Å²) < 4.78 is 24.9. The standard InChI is InChI=1S/C21H26FN3O2S/c1-23-21(25-13-16-5-6-18(22)11-17(16)14-28-2)24-12-15-4-7-19-20(10-15)27-9-3-8-26-19/h4-7,10-11H,3,8-9,12-14H2,1-2H3,(H2,23,24,25). The Bertz CT molecular complexity index is 829. The van der Waals surface area contributed by atoms with Crippen LogP contribution in [0.3, 0.4) is 0 Å². The van der Waals surface area contributed by atoms with Gasteiger partial charge >= 0.3 is 0 Å². The number of benzene rings is 2. The summed E-state index contributed by atoms with van der Waals surface area (Å²) in [6.45, 7) is 2.54. The van der Waals surface area contributed by atoms with Gasteiger partial charge in [0.05, 0.1) is 13.2 Å². The second-order valence-electron chi connectivity index (χ2n) is 6.46. The fourth-order valence-corrected chi connectivity index (χ4v) is 3.54. The van der Waals surface area contributed by atoms with E-state index >= 15 is 0 Å². The van der Waals surface area contributed by atoms with Crippen molar-refractivity contribution in [3.63, 3.8) is 0 Å². The molecule has 0 aromatic heterocycles. The second-order valence-corrected chi connectivity index (χ2v) is 7.32. The number of hydrogen-bond donors (Lipinski definition) is 2. The van der Waals surface area contributed by atoms with Gasteiger partial charge in [0.2, 0.25) is 0 Å². The minimum absolute atomic E-state index is 0.204. The molecule has 0 radical (unpaired) electrons. The van der Waals surface area contributed by atoms with Crippen LogP contribution in [-0.2, 0) is 18.8 Å². The Morgan fingerprint density at radius 2 is 1.82 bits per heavy atom. The van der Waals surface area contributed by atoms with E-state index in [-0.39, 0.29) is 5.82 Å². The van der Waals surface area contributed by atoms with Gasteiger partial charge in [-0.1, -0.05) is 12.1 Å². The van der Waals surface area contributed by atoms with Crippen LogP contribution < -0.4 is 20.1 Å². The van der Waals surface area contributed by atoms with Crippen molar-refractivity contribution in [3.8, 4) is 11.5 Å². The highest BCUT2D eigenvalue weighted by atomic mass is 32.2. The molecular weight excluding hydrogens is 377 g/mol. The summed E-state index contributed by atoms with van der Waals surface area (Å²) in [7, 11) is 1.73. The molecule has 0 spiro atoms. The van der Waals surface area contributed by atoms with E-state index in [1.807, 2.05) is 30.5 Å². The molecule has 2 aromatic rings. The first-order valence-corrected chi connectivity index (χ1v) is 10.7. The molecule has 5 nitrogen and oxygen atoms in total. The maximum atomic E-state index is 13.5. The summed E-state index contributed by atoms with van der Waals surface area (Å²) in [6, 6.07) is 10.9. The van der Waals surface area contributed by atoms with Gasteiger partial charge in [-0.15, -0.1) is 0 Å². The number of hydrogen-bond acceptors (Lipinski definition) is 4. The molecule has 1 aliphatic heterocycles. The third kappa shape index (κ3) is 5.55. The zero-order valence-electron chi connectivity index (χ0n) is 16.3. The van der Waals surface area contributed by atoms with Crippen molar-refractivity contribution in [2.75, 3.05) is 26.5 Å². The lowest BCUT2D eigenvalue weighted by molar-refractivity contribution is 0.297. The van der Waals surface area contributed by atoms with Gasteiger partial charge < -0.3 is 20.1 Å². The van der Waals surface area contributed by atoms with Gasteiger partial charge in [0, 0.05) is 32.3 Å². The van der Waals surface area contributed by atoms with E-state index < -0.39 is 0 Å². The van der Waals surface area contributed by atoms with E-state index in [4.69, 9.17) is 9.47 Å². The lowest BCUT2D eigenvalue weighted by atomic mass is 10.1. The maximum absolute atomic E-state index is 13.5. The summed E-state index contributed by atoms with van der Waals surface area (Å²) in [5.41, 5.74) is 3.14. The predicted octanol–water partition coefficient (Wildman–Crippen LogP) is 3.72. The van der Waals surface area contributed by atoms with Crippen molar-refractivity contribution >= 4 is 17.7 Å². The molecule has 0 bridgehead atoms. The van der Waals surface area contributed by atoms with E-state index in [1.54, 1.807) is 24.9 Å². The minimum atomic E-state index is -0.204. The molecule has 0 aliphatic carbocycles. The number of nitrogens with zero attached hydrogens (tertiary/aromatic N) is 1. The van der Waals surface area contributed by atoms with E-state index in [2.05, 4.69) is 15.6 Å². The molecule has 1 heterocycles. The fourth-order valence-electron chi connectivity index (χ4n) is 2.96. The molecular formula is C21H26FN3O2S. The van der Waals surface area contributed by atoms with Gasteiger partial charge in [-0.25, -0.2) is 4.39 Å². The van der Waals surface area contributed by atoms with Crippen LogP contribution in [-0.4, -0.2) is 32.5 Å². The summed E-state index contributed by atoms with van der Waals surface area (Å²) in [6.07, 6.45) is 2.90. The molecule has 0 saturated carbocycles. The van der Waals surface area contributed by atoms with Crippen molar-refractivity contribution in [2.24, 2.45) is 4.99 Å². The fraction of sp³-hybridized carbons (Fsp3) is 0.381. The van der Waals surface area contributed by atoms with Crippen LogP contribution in [0.1, 0.15) is 23.1 Å². The number of halogens is 1. The smallest absolute Gasteiger partial charge is 0.191 e. The predicted molar refractivity (Wildman–Crippen MR) is 113 cm³/mol. The lowest BCUT2D eigenvalue weighted by Crippen LogP contribution is -2.36. The second kappa shape index (κ2) is 10.2. The Kier molecular flexibility index (Phi) is 7.42. The van der Waals surface area contributed by atoms with Gasteiger partial charge in [0.15, 0.2) is 17.5 Å². The molecule has 150 valence electrons. The van der Waals surface area contributed by atoms with Crippen molar-refractivity contribution in [1.82, 2.24) is 10.6 Å². The SMILES string of the molecule is CN=C(NCc1ccc2c(c1)OCCCO2)NCc1ccc(F)cc1CSC. The lowest BCUT2D eigenvalue weighted by Gasteiger charge is -2.15. The van der Waals surface area contributed by atoms with E-state index in [0.717, 1.165) is 40.4 Å². The van der Waals surface area contributed by atoms with Crippen molar-refractivity contribution in [2.45, 2.75) is 25.3 Å². The van der Waals surface area contributed by atoms with Crippen LogP contribution in [0.15, 0.2) is 41.4 Å². The third-order valence-electron chi connectivity index (χ3n) is 4.41. The molecule has 0 fully saturated rings. The van der Waals surface area contributed by atoms with Crippen LogP contribution in [0.5, 0.6) is 11.5 Å². The first-order chi connectivity index (χ1) is 13.7. The quantitative estimate of drug-likeness (QED) is 0.569. The highest BCUT2D eigenvalue weighted by Gasteiger charge is 2.11. The number of guanidine groups is 1. The van der Waals surface area contributed by atoms with Crippen molar-refractivity contribution < 1.29 is 13.9 Å². The first kappa shape index (κ1) is 20.3. The normalized spacial score (nSPS) is 13.8. The van der Waals surface area contributed by atoms with Crippen LogP contribution in [0.4, 0.5) is 4.39 Å². The average molecular weight is 404 g/mol. The molecule has 2 N–H and O–H groups in total. The van der Waals surface area contributed by atoms with Crippen LogP contribution in [0.2, 0.25) is 0 Å². The highest BCUT2D eigenvalue weighted by molar-refractivity contribution is 7.97. The Hall–Kier alpha value is -2.41. The Morgan fingerprint density at radius 3 is 2.61 bits per heavy atom. The number of fused-ring (bicyclic) bond motifs is 1. The number of aliphatic imine (C=N–C) groups is 1. The van der Waals surface area contributed by atoms with Gasteiger partial charge in [-0.2, -0.15) is 11.8 Å². The summed E-state index contributed by atoms with van der Waals surface area (Å²) in [5, 5.41) is 6.60. The van der Waals surface area contributed by atoms with Crippen LogP contribution >= 0.6 is 11.8 Å². The molecule has 3 rings (SSSR count). The molecule has 0 saturated heterocycles.